The maximum absolute atomic E-state index is 12.9. The molecule has 6 nitrogen and oxygen atoms in total. The fraction of sp³-hybridized carbons (Fsp3) is 0.522. The summed E-state index contributed by atoms with van der Waals surface area (Å²) in [7, 11) is 1.35. The highest BCUT2D eigenvalue weighted by molar-refractivity contribution is 7.97. The van der Waals surface area contributed by atoms with E-state index in [0.29, 0.717) is 19.5 Å². The summed E-state index contributed by atoms with van der Waals surface area (Å²) in [5.41, 5.74) is 1.13. The molecule has 162 valence electrons. The zero-order valence-electron chi connectivity index (χ0n) is 18.2. The molecule has 0 spiro atoms. The number of ketones is 1. The molecule has 0 bridgehead atoms. The van der Waals surface area contributed by atoms with Gasteiger partial charge in [0.2, 0.25) is 0 Å². The minimum Gasteiger partial charge on any atom is -0.468 e. The van der Waals surface area contributed by atoms with Gasteiger partial charge < -0.3 is 9.47 Å². The topological polar surface area (TPSA) is 72.9 Å². The van der Waals surface area contributed by atoms with Crippen LogP contribution >= 0.6 is 11.9 Å². The van der Waals surface area contributed by atoms with Crippen LogP contribution < -0.4 is 0 Å². The minimum atomic E-state index is -0.987. The number of carbonyl (C=O) groups is 3. The van der Waals surface area contributed by atoms with Crippen molar-refractivity contribution in [3.63, 3.8) is 0 Å². The molecule has 3 rings (SSSR count). The third-order valence-electron chi connectivity index (χ3n) is 5.70. The predicted molar refractivity (Wildman–Crippen MR) is 115 cm³/mol. The van der Waals surface area contributed by atoms with Gasteiger partial charge in [-0.3, -0.25) is 14.4 Å². The predicted octanol–water partition coefficient (Wildman–Crippen LogP) is 3.69. The van der Waals surface area contributed by atoms with E-state index in [2.05, 4.69) is 49.3 Å². The Kier molecular flexibility index (Phi) is 6.43. The zero-order valence-corrected chi connectivity index (χ0v) is 19.0. The summed E-state index contributed by atoms with van der Waals surface area (Å²) in [5, 5.41) is 0. The highest BCUT2D eigenvalue weighted by atomic mass is 32.2. The first-order valence-electron chi connectivity index (χ1n) is 10.1. The number of carbonyl (C=O) groups excluding carboxylic acids is 3. The number of hydrogen-bond donors (Lipinski definition) is 0. The molecule has 1 aliphatic carbocycles. The number of rotatable bonds is 4. The molecule has 7 heteroatoms. The van der Waals surface area contributed by atoms with Crippen molar-refractivity contribution in [2.45, 2.75) is 57.0 Å². The molecule has 0 aromatic heterocycles. The van der Waals surface area contributed by atoms with Crippen LogP contribution in [0.3, 0.4) is 0 Å². The molecular formula is C23H29NO5S. The van der Waals surface area contributed by atoms with Crippen molar-refractivity contribution in [2.24, 2.45) is 5.41 Å². The van der Waals surface area contributed by atoms with Gasteiger partial charge in [-0.1, -0.05) is 32.9 Å². The summed E-state index contributed by atoms with van der Waals surface area (Å²) < 4.78 is 12.5. The minimum absolute atomic E-state index is 0.0866. The molecule has 1 aliphatic heterocycles. The number of piperidine rings is 1. The molecular weight excluding hydrogens is 402 g/mol. The molecule has 0 amide bonds. The van der Waals surface area contributed by atoms with Crippen molar-refractivity contribution in [1.29, 1.82) is 0 Å². The molecule has 2 aliphatic rings. The molecule has 2 unspecified atom stereocenters. The Morgan fingerprint density at radius 2 is 1.87 bits per heavy atom. The summed E-state index contributed by atoms with van der Waals surface area (Å²) >= 11 is 1.59. The Balaban J connectivity index is 1.83. The van der Waals surface area contributed by atoms with Gasteiger partial charge in [0, 0.05) is 31.3 Å². The van der Waals surface area contributed by atoms with E-state index in [1.807, 2.05) is 0 Å². The standard InChI is InChI=1S/C23H29NO5S/c1-15(25)29-20-13-23(21(27)28-5)14-24(11-10-17(23)12-19(20)26)30-18-8-6-16(7-9-18)22(2,3)4/h6-9,12,20H,10-11,13-14H2,1-5H3. The fourth-order valence-corrected chi connectivity index (χ4v) is 5.09. The number of hydrogen-bond acceptors (Lipinski definition) is 7. The van der Waals surface area contributed by atoms with Gasteiger partial charge in [0.1, 0.15) is 5.41 Å². The first kappa shape index (κ1) is 22.6. The van der Waals surface area contributed by atoms with Gasteiger partial charge >= 0.3 is 11.9 Å². The lowest BCUT2D eigenvalue weighted by atomic mass is 9.68. The Morgan fingerprint density at radius 3 is 2.43 bits per heavy atom. The van der Waals surface area contributed by atoms with Gasteiger partial charge in [0.15, 0.2) is 11.9 Å². The Hall–Kier alpha value is -2.12. The van der Waals surface area contributed by atoms with Crippen molar-refractivity contribution in [2.75, 3.05) is 20.2 Å². The van der Waals surface area contributed by atoms with Crippen LogP contribution in [-0.4, -0.2) is 48.3 Å². The molecule has 0 saturated carbocycles. The summed E-state index contributed by atoms with van der Waals surface area (Å²) in [4.78, 5) is 37.8. The lowest BCUT2D eigenvalue weighted by Crippen LogP contribution is -2.53. The fourth-order valence-electron chi connectivity index (χ4n) is 4.07. The van der Waals surface area contributed by atoms with Gasteiger partial charge in [-0.25, -0.2) is 4.31 Å². The van der Waals surface area contributed by atoms with E-state index in [4.69, 9.17) is 9.47 Å². The average Bonchev–Trinajstić information content (AvgIpc) is 2.67. The molecule has 0 radical (unpaired) electrons. The molecule has 1 aromatic rings. The lowest BCUT2D eigenvalue weighted by Gasteiger charge is -2.45. The molecule has 2 atom stereocenters. The van der Waals surface area contributed by atoms with Crippen molar-refractivity contribution < 1.29 is 23.9 Å². The number of benzene rings is 1. The first-order valence-corrected chi connectivity index (χ1v) is 10.9. The van der Waals surface area contributed by atoms with Crippen molar-refractivity contribution in [3.05, 3.63) is 41.5 Å². The van der Waals surface area contributed by atoms with Gasteiger partial charge in [-0.05, 0) is 53.1 Å². The van der Waals surface area contributed by atoms with Crippen molar-refractivity contribution >= 4 is 29.7 Å². The largest absolute Gasteiger partial charge is 0.468 e. The van der Waals surface area contributed by atoms with Crippen LogP contribution in [0.1, 0.15) is 46.1 Å². The van der Waals surface area contributed by atoms with E-state index >= 15 is 0 Å². The van der Waals surface area contributed by atoms with E-state index in [1.165, 1.54) is 25.7 Å². The SMILES string of the molecule is COC(=O)C12CC(OC(C)=O)C(=O)C=C1CCN(Sc1ccc(C(C)(C)C)cc1)C2. The van der Waals surface area contributed by atoms with Crippen molar-refractivity contribution in [3.8, 4) is 0 Å². The molecule has 1 saturated heterocycles. The maximum atomic E-state index is 12.9. The third kappa shape index (κ3) is 4.62. The quantitative estimate of drug-likeness (QED) is 0.532. The van der Waals surface area contributed by atoms with Crippen LogP contribution in [0.15, 0.2) is 40.8 Å². The number of ether oxygens (including phenoxy) is 2. The third-order valence-corrected chi connectivity index (χ3v) is 6.75. The average molecular weight is 432 g/mol. The molecule has 0 N–H and O–H groups in total. The van der Waals surface area contributed by atoms with Gasteiger partial charge in [0.25, 0.3) is 0 Å². The van der Waals surface area contributed by atoms with Crippen molar-refractivity contribution in [1.82, 2.24) is 4.31 Å². The maximum Gasteiger partial charge on any atom is 0.317 e. The number of nitrogens with zero attached hydrogens (tertiary/aromatic N) is 1. The van der Waals surface area contributed by atoms with E-state index < -0.39 is 23.5 Å². The van der Waals surface area contributed by atoms with Crippen LogP contribution in [0.25, 0.3) is 0 Å². The molecule has 1 fully saturated rings. The van der Waals surface area contributed by atoms with Crippen LogP contribution in [0.5, 0.6) is 0 Å². The normalized spacial score (nSPS) is 24.6. The van der Waals surface area contributed by atoms with E-state index in [9.17, 15) is 14.4 Å². The Morgan fingerprint density at radius 1 is 1.20 bits per heavy atom. The number of esters is 2. The second-order valence-corrected chi connectivity index (χ2v) is 10.1. The van der Waals surface area contributed by atoms with E-state index in [1.54, 1.807) is 11.9 Å². The summed E-state index contributed by atoms with van der Waals surface area (Å²) in [6, 6.07) is 8.44. The second kappa shape index (κ2) is 8.55. The highest BCUT2D eigenvalue weighted by Gasteiger charge is 2.52. The first-order chi connectivity index (χ1) is 14.0. The monoisotopic (exact) mass is 431 g/mol. The van der Waals surface area contributed by atoms with Crippen LogP contribution in [0.4, 0.5) is 0 Å². The second-order valence-electron chi connectivity index (χ2n) is 8.93. The van der Waals surface area contributed by atoms with E-state index in [-0.39, 0.29) is 17.6 Å². The molecule has 30 heavy (non-hydrogen) atoms. The Bertz CT molecular complexity index is 871. The zero-order chi connectivity index (χ0) is 22.1. The highest BCUT2D eigenvalue weighted by Crippen LogP contribution is 2.46. The van der Waals surface area contributed by atoms with Gasteiger partial charge in [-0.15, -0.1) is 0 Å². The van der Waals surface area contributed by atoms with Crippen LogP contribution in [-0.2, 0) is 29.3 Å². The lowest BCUT2D eigenvalue weighted by molar-refractivity contribution is -0.162. The van der Waals surface area contributed by atoms with Crippen LogP contribution in [0, 0.1) is 5.41 Å². The molecule has 1 heterocycles. The summed E-state index contributed by atoms with van der Waals surface area (Å²) in [6.07, 6.45) is 1.22. The number of methoxy groups -OCH3 is 1. The van der Waals surface area contributed by atoms with Gasteiger partial charge in [0.05, 0.1) is 7.11 Å². The summed E-state index contributed by atoms with van der Waals surface area (Å²) in [6.45, 7) is 8.90. The molecule has 1 aromatic carbocycles. The smallest absolute Gasteiger partial charge is 0.317 e. The van der Waals surface area contributed by atoms with E-state index in [0.717, 1.165) is 10.5 Å². The van der Waals surface area contributed by atoms with Gasteiger partial charge in [-0.2, -0.15) is 0 Å². The Labute approximate surface area is 182 Å². The van der Waals surface area contributed by atoms with Crippen LogP contribution in [0.2, 0.25) is 0 Å². The number of fused-ring (bicyclic) bond motifs is 1. The summed E-state index contributed by atoms with van der Waals surface area (Å²) in [5.74, 6) is -1.20.